The van der Waals surface area contributed by atoms with Gasteiger partial charge >= 0.3 is 0 Å². The largest absolute Gasteiger partial charge is 0.336 e. The van der Waals surface area contributed by atoms with Gasteiger partial charge in [-0.3, -0.25) is 5.10 Å². The molecule has 0 atom stereocenters. The van der Waals surface area contributed by atoms with Crippen molar-refractivity contribution in [2.24, 2.45) is 0 Å². The Morgan fingerprint density at radius 1 is 1.27 bits per heavy atom. The summed E-state index contributed by atoms with van der Waals surface area (Å²) in [5.41, 5.74) is 1.16. The summed E-state index contributed by atoms with van der Waals surface area (Å²) in [6, 6.07) is 8.37. The fourth-order valence-corrected chi connectivity index (χ4v) is 3.13. The fourth-order valence-electron chi connectivity index (χ4n) is 2.72. The zero-order valence-electron chi connectivity index (χ0n) is 12.4. The molecular formula is C16H17N5S. The van der Waals surface area contributed by atoms with Gasteiger partial charge in [-0.05, 0) is 31.2 Å². The molecule has 2 heterocycles. The fraction of sp³-hybridized carbons (Fsp3) is 0.312. The Kier molecular flexibility index (Phi) is 3.26. The molecular weight excluding hydrogens is 294 g/mol. The van der Waals surface area contributed by atoms with Crippen molar-refractivity contribution in [3.8, 4) is 11.4 Å². The average molecular weight is 311 g/mol. The van der Waals surface area contributed by atoms with Gasteiger partial charge in [0, 0.05) is 34.8 Å². The van der Waals surface area contributed by atoms with Crippen molar-refractivity contribution in [1.82, 2.24) is 24.7 Å². The van der Waals surface area contributed by atoms with Crippen molar-refractivity contribution in [2.75, 3.05) is 6.26 Å². The molecule has 3 aromatic rings. The second-order valence-electron chi connectivity index (χ2n) is 5.75. The zero-order valence-corrected chi connectivity index (χ0v) is 13.2. The quantitative estimate of drug-likeness (QED) is 0.736. The van der Waals surface area contributed by atoms with Crippen molar-refractivity contribution in [3.05, 3.63) is 48.8 Å². The first-order chi connectivity index (χ1) is 10.8. The lowest BCUT2D eigenvalue weighted by Crippen LogP contribution is -2.16. The third-order valence-corrected chi connectivity index (χ3v) is 4.98. The molecule has 0 spiro atoms. The van der Waals surface area contributed by atoms with E-state index in [0.717, 1.165) is 36.6 Å². The number of hydrogen-bond donors (Lipinski definition) is 1. The van der Waals surface area contributed by atoms with Crippen LogP contribution >= 0.6 is 11.8 Å². The highest BCUT2D eigenvalue weighted by atomic mass is 32.2. The highest BCUT2D eigenvalue weighted by molar-refractivity contribution is 7.98. The Morgan fingerprint density at radius 3 is 2.73 bits per heavy atom. The van der Waals surface area contributed by atoms with Crippen molar-refractivity contribution in [1.29, 1.82) is 0 Å². The molecule has 112 valence electrons. The smallest absolute Gasteiger partial charge is 0.181 e. The first kappa shape index (κ1) is 13.6. The molecule has 0 bridgehead atoms. The van der Waals surface area contributed by atoms with Gasteiger partial charge in [0.1, 0.15) is 5.82 Å². The van der Waals surface area contributed by atoms with Crippen LogP contribution in [0.1, 0.15) is 18.7 Å². The van der Waals surface area contributed by atoms with E-state index in [4.69, 9.17) is 4.98 Å². The van der Waals surface area contributed by atoms with E-state index < -0.39 is 0 Å². The maximum Gasteiger partial charge on any atom is 0.181 e. The minimum atomic E-state index is 0.102. The molecule has 4 rings (SSSR count). The Balaban J connectivity index is 1.58. The molecule has 22 heavy (non-hydrogen) atoms. The summed E-state index contributed by atoms with van der Waals surface area (Å²) in [4.78, 5) is 10.1. The number of nitrogens with zero attached hydrogens (tertiary/aromatic N) is 4. The zero-order chi connectivity index (χ0) is 15.0. The third-order valence-electron chi connectivity index (χ3n) is 4.23. The Hall–Kier alpha value is -2.08. The summed E-state index contributed by atoms with van der Waals surface area (Å²) in [6.45, 7) is 0.910. The second-order valence-corrected chi connectivity index (χ2v) is 6.63. The van der Waals surface area contributed by atoms with E-state index in [1.54, 1.807) is 11.8 Å². The molecule has 0 radical (unpaired) electrons. The second kappa shape index (κ2) is 5.28. The van der Waals surface area contributed by atoms with Crippen LogP contribution in [0.3, 0.4) is 0 Å². The average Bonchev–Trinajstić information content (AvgIpc) is 2.96. The number of benzene rings is 1. The summed E-state index contributed by atoms with van der Waals surface area (Å²) in [7, 11) is 0. The van der Waals surface area contributed by atoms with Crippen LogP contribution in [0.15, 0.2) is 47.9 Å². The number of aromatic amines is 1. The van der Waals surface area contributed by atoms with Crippen molar-refractivity contribution in [3.63, 3.8) is 0 Å². The van der Waals surface area contributed by atoms with Crippen LogP contribution < -0.4 is 0 Å². The van der Waals surface area contributed by atoms with Gasteiger partial charge in [-0.15, -0.1) is 11.8 Å². The summed E-state index contributed by atoms with van der Waals surface area (Å²) in [5.74, 6) is 1.77. The van der Waals surface area contributed by atoms with Gasteiger partial charge in [0.2, 0.25) is 0 Å². The summed E-state index contributed by atoms with van der Waals surface area (Å²) < 4.78 is 2.11. The van der Waals surface area contributed by atoms with Gasteiger partial charge in [0.25, 0.3) is 0 Å². The summed E-state index contributed by atoms with van der Waals surface area (Å²) in [5, 5.41) is 7.56. The third kappa shape index (κ3) is 2.43. The van der Waals surface area contributed by atoms with Gasteiger partial charge in [0.05, 0.1) is 6.33 Å². The van der Waals surface area contributed by atoms with Crippen molar-refractivity contribution in [2.45, 2.75) is 29.7 Å². The monoisotopic (exact) mass is 311 g/mol. The lowest BCUT2D eigenvalue weighted by atomic mass is 10.1. The van der Waals surface area contributed by atoms with Crippen LogP contribution in [0, 0.1) is 0 Å². The molecule has 2 aromatic heterocycles. The van der Waals surface area contributed by atoms with Crippen molar-refractivity contribution >= 4 is 11.8 Å². The van der Waals surface area contributed by atoms with Crippen LogP contribution in [0.25, 0.3) is 11.4 Å². The highest BCUT2D eigenvalue weighted by Crippen LogP contribution is 2.48. The van der Waals surface area contributed by atoms with E-state index in [1.807, 2.05) is 18.7 Å². The predicted molar refractivity (Wildman–Crippen MR) is 86.7 cm³/mol. The number of imidazole rings is 1. The van der Waals surface area contributed by atoms with E-state index in [2.05, 4.69) is 50.3 Å². The lowest BCUT2D eigenvalue weighted by Gasteiger charge is -2.11. The number of nitrogens with one attached hydrogen (secondary N) is 1. The molecule has 0 unspecified atom stereocenters. The van der Waals surface area contributed by atoms with Crippen LogP contribution in [-0.4, -0.2) is 31.0 Å². The maximum absolute atomic E-state index is 4.74. The first-order valence-corrected chi connectivity index (χ1v) is 8.55. The Morgan fingerprint density at radius 2 is 2.09 bits per heavy atom. The molecule has 1 N–H and O–H groups in total. The number of H-pyrrole nitrogens is 1. The number of rotatable bonds is 5. The number of hydrogen-bond acceptors (Lipinski definition) is 4. The van der Waals surface area contributed by atoms with E-state index in [0.29, 0.717) is 0 Å². The van der Waals surface area contributed by atoms with E-state index >= 15 is 0 Å². The highest BCUT2D eigenvalue weighted by Gasteiger charge is 2.47. The SMILES string of the molecule is CSc1ccc(-c2n[nH]c(C3(Cn4ccnc4)CC3)n2)cc1. The predicted octanol–water partition coefficient (Wildman–Crippen LogP) is 3.12. The van der Waals surface area contributed by atoms with Crippen LogP contribution in [-0.2, 0) is 12.0 Å². The molecule has 1 aliphatic carbocycles. The molecule has 0 amide bonds. The number of aromatic nitrogens is 5. The molecule has 1 aromatic carbocycles. The van der Waals surface area contributed by atoms with Crippen LogP contribution in [0.2, 0.25) is 0 Å². The Bertz CT molecular complexity index is 756. The molecule has 5 nitrogen and oxygen atoms in total. The maximum atomic E-state index is 4.74. The topological polar surface area (TPSA) is 59.4 Å². The van der Waals surface area contributed by atoms with E-state index in [-0.39, 0.29) is 5.41 Å². The summed E-state index contributed by atoms with van der Waals surface area (Å²) >= 11 is 1.74. The molecule has 1 saturated carbocycles. The van der Waals surface area contributed by atoms with Crippen LogP contribution in [0.5, 0.6) is 0 Å². The summed E-state index contributed by atoms with van der Waals surface area (Å²) in [6.07, 6.45) is 10.0. The normalized spacial score (nSPS) is 15.9. The molecule has 6 heteroatoms. The van der Waals surface area contributed by atoms with Gasteiger partial charge in [-0.25, -0.2) is 9.97 Å². The molecule has 1 aliphatic rings. The molecule has 1 fully saturated rings. The van der Waals surface area contributed by atoms with Gasteiger partial charge in [-0.2, -0.15) is 5.10 Å². The van der Waals surface area contributed by atoms with Crippen LogP contribution in [0.4, 0.5) is 0 Å². The molecule has 0 saturated heterocycles. The Labute approximate surface area is 133 Å². The minimum absolute atomic E-state index is 0.102. The van der Waals surface area contributed by atoms with Crippen molar-refractivity contribution < 1.29 is 0 Å². The van der Waals surface area contributed by atoms with E-state index in [1.165, 1.54) is 4.90 Å². The van der Waals surface area contributed by atoms with E-state index in [9.17, 15) is 0 Å². The van der Waals surface area contributed by atoms with Gasteiger partial charge in [-0.1, -0.05) is 12.1 Å². The standard InChI is InChI=1S/C16H17N5S/c1-22-13-4-2-12(3-5-13)14-18-15(20-19-14)16(6-7-16)10-21-9-8-17-11-21/h2-5,8-9,11H,6-7,10H2,1H3,(H,18,19,20). The van der Waals surface area contributed by atoms with Gasteiger partial charge in [0.15, 0.2) is 5.82 Å². The number of thioether (sulfide) groups is 1. The lowest BCUT2D eigenvalue weighted by molar-refractivity contribution is 0.522. The first-order valence-electron chi connectivity index (χ1n) is 7.32. The minimum Gasteiger partial charge on any atom is -0.336 e. The molecule has 0 aliphatic heterocycles. The van der Waals surface area contributed by atoms with Gasteiger partial charge < -0.3 is 4.57 Å².